The molecule has 0 fully saturated rings. The third kappa shape index (κ3) is 3.62. The highest BCUT2D eigenvalue weighted by Gasteiger charge is 2.10. The fraction of sp³-hybridized carbons (Fsp3) is 0.417. The van der Waals surface area contributed by atoms with Gasteiger partial charge in [0.1, 0.15) is 11.3 Å². The molecule has 1 rings (SSSR count). The number of hydrogen-bond donors (Lipinski definition) is 2. The molecule has 0 aliphatic carbocycles. The highest BCUT2D eigenvalue weighted by Crippen LogP contribution is 2.22. The van der Waals surface area contributed by atoms with Gasteiger partial charge < -0.3 is 10.2 Å². The van der Waals surface area contributed by atoms with Gasteiger partial charge in [0.05, 0.1) is 0 Å². The van der Waals surface area contributed by atoms with Crippen LogP contribution in [0.15, 0.2) is 18.2 Å². The van der Waals surface area contributed by atoms with Crippen molar-refractivity contribution in [2.45, 2.75) is 33.6 Å². The van der Waals surface area contributed by atoms with Gasteiger partial charge in [-0.15, -0.1) is 0 Å². The molecular formula is C12H18O3. The highest BCUT2D eigenvalue weighted by molar-refractivity contribution is 5.90. The minimum Gasteiger partial charge on any atom is -0.507 e. The van der Waals surface area contributed by atoms with E-state index in [0.717, 1.165) is 5.56 Å². The van der Waals surface area contributed by atoms with Gasteiger partial charge in [-0.3, -0.25) is 0 Å². The van der Waals surface area contributed by atoms with Crippen LogP contribution < -0.4 is 0 Å². The van der Waals surface area contributed by atoms with Gasteiger partial charge in [0.15, 0.2) is 0 Å². The zero-order chi connectivity index (χ0) is 12.0. The van der Waals surface area contributed by atoms with Crippen molar-refractivity contribution in [3.05, 3.63) is 29.3 Å². The molecule has 84 valence electrons. The molecule has 0 aromatic heterocycles. The zero-order valence-electron chi connectivity index (χ0n) is 9.61. The molecule has 1 aromatic rings. The Bertz CT molecular complexity index is 330. The van der Waals surface area contributed by atoms with Crippen LogP contribution in [0.2, 0.25) is 0 Å². The number of phenols is 1. The Hall–Kier alpha value is -1.51. The quantitative estimate of drug-likeness (QED) is 0.787. The van der Waals surface area contributed by atoms with Crippen molar-refractivity contribution < 1.29 is 15.0 Å². The molecule has 0 heterocycles. The molecule has 1 aromatic carbocycles. The molecule has 2 N–H and O–H groups in total. The largest absolute Gasteiger partial charge is 0.507 e. The maximum Gasteiger partial charge on any atom is 0.339 e. The lowest BCUT2D eigenvalue weighted by Crippen LogP contribution is -1.98. The van der Waals surface area contributed by atoms with Crippen LogP contribution in [0.5, 0.6) is 5.75 Å². The van der Waals surface area contributed by atoms with E-state index in [-0.39, 0.29) is 17.2 Å². The van der Waals surface area contributed by atoms with Crippen LogP contribution in [0.4, 0.5) is 0 Å². The van der Waals surface area contributed by atoms with Crippen molar-refractivity contribution in [3.63, 3.8) is 0 Å². The summed E-state index contributed by atoms with van der Waals surface area (Å²) in [6.45, 7) is 7.94. The maximum absolute atomic E-state index is 10.6. The van der Waals surface area contributed by atoms with Crippen LogP contribution in [0.25, 0.3) is 0 Å². The zero-order valence-corrected chi connectivity index (χ0v) is 9.61. The molecule has 0 saturated heterocycles. The SMILES string of the molecule is CC.CC(C)c1ccc(O)c(C(=O)O)c1. The minimum absolute atomic E-state index is 0.0359. The topological polar surface area (TPSA) is 57.5 Å². The maximum atomic E-state index is 10.6. The number of benzene rings is 1. The lowest BCUT2D eigenvalue weighted by atomic mass is 10.0. The van der Waals surface area contributed by atoms with E-state index in [4.69, 9.17) is 5.11 Å². The summed E-state index contributed by atoms with van der Waals surface area (Å²) in [6, 6.07) is 4.65. The van der Waals surface area contributed by atoms with E-state index in [1.165, 1.54) is 12.1 Å². The third-order valence-electron chi connectivity index (χ3n) is 1.92. The lowest BCUT2D eigenvalue weighted by Gasteiger charge is -2.06. The van der Waals surface area contributed by atoms with Gasteiger partial charge >= 0.3 is 5.97 Å². The van der Waals surface area contributed by atoms with Crippen LogP contribution in [0.1, 0.15) is 49.5 Å². The molecule has 0 radical (unpaired) electrons. The molecule has 3 nitrogen and oxygen atoms in total. The Morgan fingerprint density at radius 2 is 1.80 bits per heavy atom. The van der Waals surface area contributed by atoms with Gasteiger partial charge in [-0.1, -0.05) is 33.8 Å². The summed E-state index contributed by atoms with van der Waals surface area (Å²) in [5, 5.41) is 17.9. The molecule has 0 spiro atoms. The van der Waals surface area contributed by atoms with Crippen LogP contribution in [0.3, 0.4) is 0 Å². The minimum atomic E-state index is -1.10. The van der Waals surface area contributed by atoms with Gasteiger partial charge in [0.25, 0.3) is 0 Å². The summed E-state index contributed by atoms with van der Waals surface area (Å²) in [4.78, 5) is 10.6. The number of carboxylic acids is 1. The molecule has 0 amide bonds. The molecule has 0 saturated carbocycles. The second kappa shape index (κ2) is 6.06. The van der Waals surface area contributed by atoms with Crippen LogP contribution >= 0.6 is 0 Å². The monoisotopic (exact) mass is 210 g/mol. The molecular weight excluding hydrogens is 192 g/mol. The first kappa shape index (κ1) is 13.5. The van der Waals surface area contributed by atoms with E-state index >= 15 is 0 Å². The summed E-state index contributed by atoms with van der Waals surface area (Å²) in [6.07, 6.45) is 0. The van der Waals surface area contributed by atoms with Gasteiger partial charge in [-0.25, -0.2) is 4.79 Å². The Balaban J connectivity index is 0.000000921. The predicted octanol–water partition coefficient (Wildman–Crippen LogP) is 3.24. The van der Waals surface area contributed by atoms with Crippen molar-refractivity contribution in [2.75, 3.05) is 0 Å². The first-order valence-electron chi connectivity index (χ1n) is 5.08. The fourth-order valence-corrected chi connectivity index (χ4v) is 1.08. The summed E-state index contributed by atoms with van der Waals surface area (Å²) in [7, 11) is 0. The number of rotatable bonds is 2. The van der Waals surface area contributed by atoms with Crippen LogP contribution in [-0.4, -0.2) is 16.2 Å². The number of carbonyl (C=O) groups is 1. The molecule has 15 heavy (non-hydrogen) atoms. The smallest absolute Gasteiger partial charge is 0.339 e. The summed E-state index contributed by atoms with van der Waals surface area (Å²) in [5.74, 6) is -1.02. The summed E-state index contributed by atoms with van der Waals surface area (Å²) < 4.78 is 0. The Morgan fingerprint density at radius 1 is 1.27 bits per heavy atom. The van der Waals surface area contributed by atoms with Crippen molar-refractivity contribution in [2.24, 2.45) is 0 Å². The van der Waals surface area contributed by atoms with Gasteiger partial charge in [0, 0.05) is 0 Å². The van der Waals surface area contributed by atoms with E-state index < -0.39 is 5.97 Å². The van der Waals surface area contributed by atoms with E-state index in [2.05, 4.69) is 0 Å². The van der Waals surface area contributed by atoms with Gasteiger partial charge in [-0.2, -0.15) is 0 Å². The first-order chi connectivity index (χ1) is 7.02. The number of carboxylic acid groups (broad SMARTS) is 1. The third-order valence-corrected chi connectivity index (χ3v) is 1.92. The van der Waals surface area contributed by atoms with E-state index in [1.807, 2.05) is 27.7 Å². The Labute approximate surface area is 90.4 Å². The highest BCUT2D eigenvalue weighted by atomic mass is 16.4. The Morgan fingerprint density at radius 3 is 2.20 bits per heavy atom. The van der Waals surface area contributed by atoms with E-state index in [0.29, 0.717) is 0 Å². The Kier molecular flexibility index (Phi) is 5.45. The summed E-state index contributed by atoms with van der Waals surface area (Å²) in [5.41, 5.74) is 0.876. The lowest BCUT2D eigenvalue weighted by molar-refractivity contribution is 0.0693. The van der Waals surface area contributed by atoms with E-state index in [9.17, 15) is 9.90 Å². The standard InChI is InChI=1S/C10H12O3.C2H6/c1-6(2)7-3-4-9(11)8(5-7)10(12)13;1-2/h3-6,11H,1-2H3,(H,12,13);1-2H3. The second-order valence-corrected chi connectivity index (χ2v) is 3.24. The molecule has 0 atom stereocenters. The van der Waals surface area contributed by atoms with Gasteiger partial charge in [-0.05, 0) is 23.6 Å². The molecule has 0 unspecified atom stereocenters. The van der Waals surface area contributed by atoms with Crippen molar-refractivity contribution in [3.8, 4) is 5.75 Å². The molecule has 0 bridgehead atoms. The number of aromatic carboxylic acids is 1. The van der Waals surface area contributed by atoms with Crippen molar-refractivity contribution >= 4 is 5.97 Å². The van der Waals surface area contributed by atoms with Crippen LogP contribution in [0, 0.1) is 0 Å². The molecule has 3 heteroatoms. The first-order valence-corrected chi connectivity index (χ1v) is 5.08. The molecule has 0 aliphatic rings. The second-order valence-electron chi connectivity index (χ2n) is 3.24. The summed E-state index contributed by atoms with van der Waals surface area (Å²) >= 11 is 0. The van der Waals surface area contributed by atoms with Crippen molar-refractivity contribution in [1.82, 2.24) is 0 Å². The van der Waals surface area contributed by atoms with Crippen molar-refractivity contribution in [1.29, 1.82) is 0 Å². The average molecular weight is 210 g/mol. The number of hydrogen-bond acceptors (Lipinski definition) is 2. The fourth-order valence-electron chi connectivity index (χ4n) is 1.08. The molecule has 0 aliphatic heterocycles. The van der Waals surface area contributed by atoms with Gasteiger partial charge in [0.2, 0.25) is 0 Å². The average Bonchev–Trinajstić information content (AvgIpc) is 2.20. The predicted molar refractivity (Wildman–Crippen MR) is 60.5 cm³/mol. The number of aromatic hydroxyl groups is 1. The van der Waals surface area contributed by atoms with E-state index in [1.54, 1.807) is 6.07 Å². The van der Waals surface area contributed by atoms with Crippen LogP contribution in [-0.2, 0) is 0 Å². The normalized spacial score (nSPS) is 9.40.